The van der Waals surface area contributed by atoms with Crippen molar-refractivity contribution in [1.82, 2.24) is 0 Å². The van der Waals surface area contributed by atoms with E-state index in [9.17, 15) is 1.37 Å². The van der Waals surface area contributed by atoms with E-state index >= 15 is 0 Å². The van der Waals surface area contributed by atoms with Gasteiger partial charge in [0.2, 0.25) is 0 Å². The molecule has 8 aromatic carbocycles. The van der Waals surface area contributed by atoms with E-state index in [1.54, 1.807) is 0 Å². The van der Waals surface area contributed by atoms with Gasteiger partial charge in [-0.1, -0.05) is 139 Å². The van der Waals surface area contributed by atoms with Gasteiger partial charge in [-0.05, 0) is 72.7 Å². The van der Waals surface area contributed by atoms with Crippen LogP contribution >= 0.6 is 0 Å². The first kappa shape index (κ1) is 16.7. The highest BCUT2D eigenvalue weighted by Crippen LogP contribution is 2.47. The number of hydrogen-bond acceptors (Lipinski definition) is 1. The van der Waals surface area contributed by atoms with E-state index in [0.717, 1.165) is 49.0 Å². The standard InChI is InChI=1S/C42H26O/c1-2-12-27(13-3-1)28-16-10-17-31(24-28)40-32-18-6-8-20-34(32)41(35-21-9-7-19-33(35)40)37-23-11-22-36-38-25-29-14-4-5-15-30(29)26-39(38)43-42(36)37/h1-26H/i1D,2D,3D,10D,12D,13D,16D,17D,24D. The smallest absolute Gasteiger partial charge is 0.143 e. The molecule has 0 amide bonds. The Bertz CT molecular complexity index is 2930. The average molecular weight is 556 g/mol. The zero-order valence-corrected chi connectivity index (χ0v) is 22.7. The van der Waals surface area contributed by atoms with E-state index in [-0.39, 0.29) is 28.8 Å². The van der Waals surface area contributed by atoms with Crippen LogP contribution in [0, 0.1) is 0 Å². The van der Waals surface area contributed by atoms with E-state index in [4.69, 9.17) is 15.4 Å². The zero-order chi connectivity index (χ0) is 36.2. The minimum Gasteiger partial charge on any atom is -0.455 e. The van der Waals surface area contributed by atoms with Gasteiger partial charge in [-0.2, -0.15) is 0 Å². The number of rotatable bonds is 3. The molecule has 9 rings (SSSR count). The lowest BCUT2D eigenvalue weighted by Crippen LogP contribution is -1.91. The summed E-state index contributed by atoms with van der Waals surface area (Å²) in [6, 6.07) is 29.0. The molecule has 200 valence electrons. The lowest BCUT2D eigenvalue weighted by atomic mass is 9.85. The summed E-state index contributed by atoms with van der Waals surface area (Å²) < 4.78 is 84.9. The molecule has 43 heavy (non-hydrogen) atoms. The molecule has 0 fully saturated rings. The van der Waals surface area contributed by atoms with Gasteiger partial charge < -0.3 is 4.42 Å². The molecule has 0 aliphatic carbocycles. The summed E-state index contributed by atoms with van der Waals surface area (Å²) in [5.74, 6) is 0. The van der Waals surface area contributed by atoms with Crippen molar-refractivity contribution in [3.63, 3.8) is 0 Å². The van der Waals surface area contributed by atoms with Gasteiger partial charge >= 0.3 is 0 Å². The quantitative estimate of drug-likeness (QED) is 0.198. The van der Waals surface area contributed by atoms with Crippen molar-refractivity contribution in [3.05, 3.63) is 158 Å². The molecule has 0 spiro atoms. The largest absolute Gasteiger partial charge is 0.455 e. The van der Waals surface area contributed by atoms with Crippen LogP contribution in [0.4, 0.5) is 0 Å². The third kappa shape index (κ3) is 3.72. The molecule has 0 radical (unpaired) electrons. The van der Waals surface area contributed by atoms with Crippen LogP contribution in [-0.4, -0.2) is 0 Å². The van der Waals surface area contributed by atoms with Crippen LogP contribution in [0.25, 0.3) is 87.6 Å². The van der Waals surface area contributed by atoms with Gasteiger partial charge in [-0.15, -0.1) is 0 Å². The lowest BCUT2D eigenvalue weighted by Gasteiger charge is -2.18. The van der Waals surface area contributed by atoms with Crippen molar-refractivity contribution < 1.29 is 16.8 Å². The van der Waals surface area contributed by atoms with Gasteiger partial charge in [0.25, 0.3) is 0 Å². The molecule has 0 saturated heterocycles. The fraction of sp³-hybridized carbons (Fsp3) is 0. The van der Waals surface area contributed by atoms with E-state index < -0.39 is 42.3 Å². The molecule has 0 bridgehead atoms. The maximum absolute atomic E-state index is 9.51. The molecule has 0 atom stereocenters. The van der Waals surface area contributed by atoms with Crippen molar-refractivity contribution in [1.29, 1.82) is 0 Å². The monoisotopic (exact) mass is 555 g/mol. The van der Waals surface area contributed by atoms with Crippen LogP contribution in [0.2, 0.25) is 0 Å². The molecule has 1 nitrogen and oxygen atoms in total. The molecule has 9 aromatic rings. The first-order valence-electron chi connectivity index (χ1n) is 18.5. The normalized spacial score (nSPS) is 14.7. The minimum atomic E-state index is -0.606. The van der Waals surface area contributed by atoms with E-state index in [0.29, 0.717) is 21.9 Å². The summed E-state index contributed by atoms with van der Waals surface area (Å²) >= 11 is 0. The molecule has 0 N–H and O–H groups in total. The van der Waals surface area contributed by atoms with Crippen LogP contribution in [-0.2, 0) is 0 Å². The van der Waals surface area contributed by atoms with Crippen LogP contribution in [0.3, 0.4) is 0 Å². The first-order valence-corrected chi connectivity index (χ1v) is 14.0. The second kappa shape index (κ2) is 9.44. The van der Waals surface area contributed by atoms with Gasteiger partial charge in [0, 0.05) is 21.9 Å². The predicted molar refractivity (Wildman–Crippen MR) is 183 cm³/mol. The Kier molecular flexibility index (Phi) is 3.67. The van der Waals surface area contributed by atoms with E-state index in [2.05, 4.69) is 30.3 Å². The van der Waals surface area contributed by atoms with Crippen molar-refractivity contribution >= 4 is 54.3 Å². The van der Waals surface area contributed by atoms with Crippen LogP contribution in [0.15, 0.2) is 162 Å². The number of furan rings is 1. The number of fused-ring (bicyclic) bond motifs is 6. The number of para-hydroxylation sites is 1. The van der Waals surface area contributed by atoms with Gasteiger partial charge in [0.05, 0.1) is 12.3 Å². The Morgan fingerprint density at radius 1 is 0.442 bits per heavy atom. The summed E-state index contributed by atoms with van der Waals surface area (Å²) in [7, 11) is 0. The zero-order valence-electron chi connectivity index (χ0n) is 31.7. The fourth-order valence-corrected chi connectivity index (χ4v) is 6.34. The fourth-order valence-electron chi connectivity index (χ4n) is 6.34. The SMILES string of the molecule is [2H]c1c([2H])c([2H])c(-c2c([2H])c([2H])c([2H])c(-c3c4ccccc4c(-c4cccc5c4oc4cc6ccccc6cc45)c4ccccc34)c2[2H])c([2H])c1[2H]. The number of benzene rings is 8. The Balaban J connectivity index is 1.41. The summed E-state index contributed by atoms with van der Waals surface area (Å²) in [5, 5.41) is 7.11. The third-order valence-electron chi connectivity index (χ3n) is 8.19. The highest BCUT2D eigenvalue weighted by molar-refractivity contribution is 6.24. The summed E-state index contributed by atoms with van der Waals surface area (Å²) in [6.45, 7) is 0. The highest BCUT2D eigenvalue weighted by Gasteiger charge is 2.20. The summed E-state index contributed by atoms with van der Waals surface area (Å²) in [6.07, 6.45) is 0. The molecular weight excluding hydrogens is 520 g/mol. The molecule has 0 saturated carbocycles. The maximum Gasteiger partial charge on any atom is 0.143 e. The topological polar surface area (TPSA) is 13.1 Å². The first-order chi connectivity index (χ1) is 25.1. The summed E-state index contributed by atoms with van der Waals surface area (Å²) in [5.41, 5.74) is 3.12. The van der Waals surface area contributed by atoms with Crippen LogP contribution < -0.4 is 0 Å². The molecule has 1 heteroatoms. The summed E-state index contributed by atoms with van der Waals surface area (Å²) in [4.78, 5) is 0. The minimum absolute atomic E-state index is 0.0374. The predicted octanol–water partition coefficient (Wildman–Crippen LogP) is 12.0. The third-order valence-corrected chi connectivity index (χ3v) is 8.19. The Morgan fingerprint density at radius 3 is 1.74 bits per heavy atom. The second-order valence-electron chi connectivity index (χ2n) is 10.6. The van der Waals surface area contributed by atoms with Crippen LogP contribution in [0.5, 0.6) is 0 Å². The van der Waals surface area contributed by atoms with Crippen molar-refractivity contribution in [2.24, 2.45) is 0 Å². The van der Waals surface area contributed by atoms with Crippen molar-refractivity contribution in [3.8, 4) is 33.4 Å². The highest BCUT2D eigenvalue weighted by atomic mass is 16.3. The Morgan fingerprint density at radius 2 is 1.02 bits per heavy atom. The van der Waals surface area contributed by atoms with Gasteiger partial charge in [-0.25, -0.2) is 0 Å². The molecule has 1 aromatic heterocycles. The molecular formula is C42H26O. The second-order valence-corrected chi connectivity index (χ2v) is 10.6. The van der Waals surface area contributed by atoms with Crippen molar-refractivity contribution in [2.75, 3.05) is 0 Å². The Labute approximate surface area is 261 Å². The van der Waals surface area contributed by atoms with Gasteiger partial charge in [0.1, 0.15) is 11.2 Å². The van der Waals surface area contributed by atoms with Crippen molar-refractivity contribution in [2.45, 2.75) is 0 Å². The lowest BCUT2D eigenvalue weighted by molar-refractivity contribution is 0.670. The Hall–Kier alpha value is -5.66. The van der Waals surface area contributed by atoms with Gasteiger partial charge in [-0.3, -0.25) is 0 Å². The molecule has 0 aliphatic heterocycles. The number of hydrogen-bond donors (Lipinski definition) is 0. The maximum atomic E-state index is 9.51. The van der Waals surface area contributed by atoms with E-state index in [1.807, 2.05) is 72.8 Å². The van der Waals surface area contributed by atoms with E-state index in [1.165, 1.54) is 0 Å². The molecule has 1 heterocycles. The molecule has 0 aliphatic rings. The average Bonchev–Trinajstić information content (AvgIpc) is 3.53. The molecule has 0 unspecified atom stereocenters. The van der Waals surface area contributed by atoms with Crippen LogP contribution in [0.1, 0.15) is 12.3 Å². The van der Waals surface area contributed by atoms with Gasteiger partial charge in [0.15, 0.2) is 0 Å².